The zero-order valence-electron chi connectivity index (χ0n) is 15.4. The molecule has 1 saturated heterocycles. The Bertz CT molecular complexity index is 560. The summed E-state index contributed by atoms with van der Waals surface area (Å²) in [6.45, 7) is 2.71. The van der Waals surface area contributed by atoms with Crippen LogP contribution in [0.5, 0.6) is 5.75 Å². The summed E-state index contributed by atoms with van der Waals surface area (Å²) < 4.78 is 29.5. The fourth-order valence-corrected chi connectivity index (χ4v) is 3.07. The normalized spacial score (nSPS) is 18.3. The molecular formula is C18H29F2IN4O. The predicted molar refractivity (Wildman–Crippen MR) is 112 cm³/mol. The maximum atomic E-state index is 12.5. The Hall–Kier alpha value is -1.16. The summed E-state index contributed by atoms with van der Waals surface area (Å²) in [6.07, 6.45) is 3.83. The van der Waals surface area contributed by atoms with Crippen LogP contribution < -0.4 is 15.4 Å². The van der Waals surface area contributed by atoms with Crippen molar-refractivity contribution in [2.75, 3.05) is 26.7 Å². The Morgan fingerprint density at radius 2 is 2.08 bits per heavy atom. The molecule has 0 bridgehead atoms. The van der Waals surface area contributed by atoms with Gasteiger partial charge >= 0.3 is 6.61 Å². The Morgan fingerprint density at radius 3 is 2.77 bits per heavy atom. The molecule has 0 aromatic heterocycles. The van der Waals surface area contributed by atoms with Crippen LogP contribution in [-0.2, 0) is 6.54 Å². The molecule has 1 aliphatic rings. The van der Waals surface area contributed by atoms with Crippen LogP contribution in [0.2, 0.25) is 0 Å². The number of piperidine rings is 1. The van der Waals surface area contributed by atoms with Crippen LogP contribution in [0, 0.1) is 0 Å². The van der Waals surface area contributed by atoms with Crippen molar-refractivity contribution in [1.82, 2.24) is 15.5 Å². The van der Waals surface area contributed by atoms with Gasteiger partial charge in [-0.3, -0.25) is 9.89 Å². The fraction of sp³-hybridized carbons (Fsp3) is 0.611. The molecule has 8 heteroatoms. The number of alkyl halides is 2. The monoisotopic (exact) mass is 482 g/mol. The lowest BCUT2D eigenvalue weighted by Gasteiger charge is -2.33. The third-order valence-corrected chi connectivity index (χ3v) is 4.49. The number of aliphatic imine (C=N–C) groups is 1. The van der Waals surface area contributed by atoms with Crippen molar-refractivity contribution in [3.63, 3.8) is 0 Å². The molecule has 1 heterocycles. The Morgan fingerprint density at radius 1 is 1.31 bits per heavy atom. The van der Waals surface area contributed by atoms with Crippen LogP contribution in [0.25, 0.3) is 0 Å². The van der Waals surface area contributed by atoms with E-state index in [1.165, 1.54) is 25.3 Å². The summed E-state index contributed by atoms with van der Waals surface area (Å²) in [7, 11) is 1.69. The molecule has 2 N–H and O–H groups in total. The van der Waals surface area contributed by atoms with E-state index in [4.69, 9.17) is 0 Å². The van der Waals surface area contributed by atoms with Crippen molar-refractivity contribution in [3.8, 4) is 5.75 Å². The van der Waals surface area contributed by atoms with Gasteiger partial charge in [0, 0.05) is 38.3 Å². The van der Waals surface area contributed by atoms with Gasteiger partial charge in [0.2, 0.25) is 0 Å². The quantitative estimate of drug-likeness (QED) is 0.355. The number of halogens is 3. The second-order valence-corrected chi connectivity index (χ2v) is 6.22. The predicted octanol–water partition coefficient (Wildman–Crippen LogP) is 3.45. The third-order valence-electron chi connectivity index (χ3n) is 4.49. The minimum atomic E-state index is -2.83. The van der Waals surface area contributed by atoms with E-state index < -0.39 is 6.61 Å². The van der Waals surface area contributed by atoms with E-state index in [1.807, 2.05) is 0 Å². The van der Waals surface area contributed by atoms with Crippen molar-refractivity contribution in [2.45, 2.75) is 45.4 Å². The van der Waals surface area contributed by atoms with Crippen molar-refractivity contribution in [2.24, 2.45) is 4.99 Å². The standard InChI is InChI=1S/C18H28F2N4O.HI/c1-14-7-5-6-11-24(14)12-10-22-18(21-2)23-13-15-8-3-4-9-16(15)25-17(19)20;/h3-4,8-9,14,17H,5-7,10-13H2,1-2H3,(H2,21,22,23);1H. The van der Waals surface area contributed by atoms with Crippen LogP contribution in [0.4, 0.5) is 8.78 Å². The van der Waals surface area contributed by atoms with Crippen molar-refractivity contribution < 1.29 is 13.5 Å². The molecule has 1 aliphatic heterocycles. The fourth-order valence-electron chi connectivity index (χ4n) is 3.07. The lowest BCUT2D eigenvalue weighted by molar-refractivity contribution is -0.0504. The van der Waals surface area contributed by atoms with Gasteiger partial charge in [-0.15, -0.1) is 24.0 Å². The molecule has 1 fully saturated rings. The second kappa shape index (κ2) is 12.3. The summed E-state index contributed by atoms with van der Waals surface area (Å²) in [5.41, 5.74) is 0.662. The highest BCUT2D eigenvalue weighted by Gasteiger charge is 2.17. The van der Waals surface area contributed by atoms with Gasteiger partial charge in [-0.05, 0) is 32.4 Å². The molecule has 2 rings (SSSR count). The molecule has 148 valence electrons. The summed E-state index contributed by atoms with van der Waals surface area (Å²) >= 11 is 0. The van der Waals surface area contributed by atoms with Gasteiger partial charge in [-0.2, -0.15) is 8.78 Å². The van der Waals surface area contributed by atoms with Crippen molar-refractivity contribution >= 4 is 29.9 Å². The number of hydrogen-bond donors (Lipinski definition) is 2. The molecule has 0 amide bonds. The van der Waals surface area contributed by atoms with Gasteiger partial charge < -0.3 is 15.4 Å². The maximum absolute atomic E-state index is 12.5. The van der Waals surface area contributed by atoms with Gasteiger partial charge in [0.1, 0.15) is 5.75 Å². The first-order valence-corrected chi connectivity index (χ1v) is 8.81. The topological polar surface area (TPSA) is 48.9 Å². The molecule has 1 atom stereocenters. The van der Waals surface area contributed by atoms with E-state index in [0.29, 0.717) is 24.1 Å². The molecule has 5 nitrogen and oxygen atoms in total. The lowest BCUT2D eigenvalue weighted by atomic mass is 10.0. The molecule has 1 aromatic carbocycles. The first kappa shape index (κ1) is 22.9. The van der Waals surface area contributed by atoms with E-state index in [-0.39, 0.29) is 29.7 Å². The molecule has 0 spiro atoms. The van der Waals surface area contributed by atoms with Gasteiger partial charge in [0.05, 0.1) is 0 Å². The van der Waals surface area contributed by atoms with Gasteiger partial charge in [0.15, 0.2) is 5.96 Å². The number of nitrogens with zero attached hydrogens (tertiary/aromatic N) is 2. The Labute approximate surface area is 171 Å². The van der Waals surface area contributed by atoms with Gasteiger partial charge in [-0.25, -0.2) is 0 Å². The van der Waals surface area contributed by atoms with E-state index in [2.05, 4.69) is 32.2 Å². The smallest absolute Gasteiger partial charge is 0.387 e. The number of likely N-dealkylation sites (tertiary alicyclic amines) is 1. The average Bonchev–Trinajstić information content (AvgIpc) is 2.60. The lowest BCUT2D eigenvalue weighted by Crippen LogP contribution is -2.45. The van der Waals surface area contributed by atoms with Crippen LogP contribution in [0.3, 0.4) is 0 Å². The summed E-state index contributed by atoms with van der Waals surface area (Å²) in [5.74, 6) is 0.833. The van der Waals surface area contributed by atoms with E-state index >= 15 is 0 Å². The summed E-state index contributed by atoms with van der Waals surface area (Å²) in [5, 5.41) is 6.42. The molecule has 26 heavy (non-hydrogen) atoms. The zero-order valence-corrected chi connectivity index (χ0v) is 17.7. The highest BCUT2D eigenvalue weighted by atomic mass is 127. The maximum Gasteiger partial charge on any atom is 0.387 e. The van der Waals surface area contributed by atoms with E-state index in [1.54, 1.807) is 25.2 Å². The highest BCUT2D eigenvalue weighted by molar-refractivity contribution is 14.0. The zero-order chi connectivity index (χ0) is 18.1. The average molecular weight is 482 g/mol. The van der Waals surface area contributed by atoms with Gasteiger partial charge in [0.25, 0.3) is 0 Å². The van der Waals surface area contributed by atoms with Crippen LogP contribution in [0.15, 0.2) is 29.3 Å². The molecule has 0 saturated carbocycles. The number of guanidine groups is 1. The minimum absolute atomic E-state index is 0. The number of nitrogens with one attached hydrogen (secondary N) is 2. The molecule has 0 radical (unpaired) electrons. The molecule has 1 unspecified atom stereocenters. The summed E-state index contributed by atoms with van der Waals surface area (Å²) in [4.78, 5) is 6.66. The molecule has 1 aromatic rings. The number of benzene rings is 1. The van der Waals surface area contributed by atoms with E-state index in [9.17, 15) is 8.78 Å². The highest BCUT2D eigenvalue weighted by Crippen LogP contribution is 2.20. The van der Waals surface area contributed by atoms with Crippen molar-refractivity contribution in [3.05, 3.63) is 29.8 Å². The van der Waals surface area contributed by atoms with Crippen molar-refractivity contribution in [1.29, 1.82) is 0 Å². The largest absolute Gasteiger partial charge is 0.434 e. The second-order valence-electron chi connectivity index (χ2n) is 6.22. The first-order chi connectivity index (χ1) is 12.1. The Kier molecular flexibility index (Phi) is 10.8. The van der Waals surface area contributed by atoms with Crippen LogP contribution in [0.1, 0.15) is 31.7 Å². The number of hydrogen-bond acceptors (Lipinski definition) is 3. The number of para-hydroxylation sites is 1. The Balaban J connectivity index is 0.00000338. The number of rotatable bonds is 7. The van der Waals surface area contributed by atoms with Gasteiger partial charge in [-0.1, -0.05) is 24.6 Å². The van der Waals surface area contributed by atoms with Crippen LogP contribution >= 0.6 is 24.0 Å². The molecular weight excluding hydrogens is 453 g/mol. The summed E-state index contributed by atoms with van der Waals surface area (Å²) in [6, 6.07) is 7.39. The van der Waals surface area contributed by atoms with E-state index in [0.717, 1.165) is 19.6 Å². The number of ether oxygens (including phenoxy) is 1. The SMILES string of the molecule is CN=C(NCCN1CCCCC1C)NCc1ccccc1OC(F)F.I. The van der Waals surface area contributed by atoms with Crippen LogP contribution in [-0.4, -0.2) is 50.2 Å². The minimum Gasteiger partial charge on any atom is -0.434 e. The third kappa shape index (κ3) is 7.61. The molecule has 0 aliphatic carbocycles. The first-order valence-electron chi connectivity index (χ1n) is 8.81.